The Labute approximate surface area is 121 Å². The zero-order valence-electron chi connectivity index (χ0n) is 11.8. The zero-order chi connectivity index (χ0) is 13.5. The van der Waals surface area contributed by atoms with Crippen molar-refractivity contribution in [3.8, 4) is 5.75 Å². The number of likely N-dealkylation sites (N-methyl/N-ethyl adjacent to an activating group) is 1. The lowest BCUT2D eigenvalue weighted by Gasteiger charge is -2.19. The van der Waals surface area contributed by atoms with Crippen LogP contribution in [0.4, 0.5) is 0 Å². The van der Waals surface area contributed by atoms with Crippen LogP contribution in [-0.4, -0.2) is 28.7 Å². The van der Waals surface area contributed by atoms with Gasteiger partial charge in [-0.15, -0.1) is 0 Å². The maximum absolute atomic E-state index is 9.32. The highest BCUT2D eigenvalue weighted by Crippen LogP contribution is 2.30. The third kappa shape index (κ3) is 5.07. The van der Waals surface area contributed by atoms with E-state index in [0.29, 0.717) is 11.8 Å². The molecule has 2 N–H and O–H groups in total. The van der Waals surface area contributed by atoms with E-state index in [0.717, 1.165) is 18.2 Å². The summed E-state index contributed by atoms with van der Waals surface area (Å²) in [5.41, 5.74) is 1.30. The fraction of sp³-hybridized carbons (Fsp3) is 0.625. The summed E-state index contributed by atoms with van der Waals surface area (Å²) in [6.07, 6.45) is 6.70. The van der Waals surface area contributed by atoms with Gasteiger partial charge in [-0.05, 0) is 43.5 Å². The number of hydrogen-bond donors (Lipinski definition) is 2. The lowest BCUT2D eigenvalue weighted by molar-refractivity contribution is 0.474. The molecule has 0 aliphatic heterocycles. The zero-order valence-corrected chi connectivity index (χ0v) is 12.6. The summed E-state index contributed by atoms with van der Waals surface area (Å²) >= 11 is 2.14. The number of thioether (sulfide) groups is 1. The molecule has 2 rings (SSSR count). The van der Waals surface area contributed by atoms with Crippen LogP contribution in [0.3, 0.4) is 0 Å². The van der Waals surface area contributed by atoms with Crippen LogP contribution in [0.25, 0.3) is 0 Å². The van der Waals surface area contributed by atoms with Gasteiger partial charge in [-0.2, -0.15) is 11.8 Å². The van der Waals surface area contributed by atoms with Crippen LogP contribution in [-0.2, 0) is 6.42 Å². The van der Waals surface area contributed by atoms with Gasteiger partial charge in [-0.1, -0.05) is 31.9 Å². The molecule has 0 bridgehead atoms. The summed E-state index contributed by atoms with van der Waals surface area (Å²) in [4.78, 5) is 0. The minimum absolute atomic E-state index is 0.351. The molecule has 19 heavy (non-hydrogen) atoms. The van der Waals surface area contributed by atoms with Crippen molar-refractivity contribution in [2.75, 3.05) is 12.3 Å². The molecular formula is C16H25NOS. The molecule has 2 nitrogen and oxygen atoms in total. The second-order valence-corrected chi connectivity index (χ2v) is 6.70. The van der Waals surface area contributed by atoms with Crippen molar-refractivity contribution >= 4 is 11.8 Å². The molecule has 1 aliphatic carbocycles. The minimum Gasteiger partial charge on any atom is -0.508 e. The van der Waals surface area contributed by atoms with Crippen molar-refractivity contribution < 1.29 is 5.11 Å². The van der Waals surface area contributed by atoms with E-state index >= 15 is 0 Å². The van der Waals surface area contributed by atoms with Gasteiger partial charge in [-0.25, -0.2) is 0 Å². The SMILES string of the molecule is CCNC(CSC1CCCC1)Cc1ccc(O)cc1. The van der Waals surface area contributed by atoms with E-state index in [2.05, 4.69) is 24.0 Å². The number of benzene rings is 1. The number of phenols is 1. The van der Waals surface area contributed by atoms with E-state index in [1.165, 1.54) is 37.0 Å². The quantitative estimate of drug-likeness (QED) is 0.800. The molecule has 0 saturated heterocycles. The van der Waals surface area contributed by atoms with Gasteiger partial charge in [0.1, 0.15) is 5.75 Å². The van der Waals surface area contributed by atoms with Crippen molar-refractivity contribution in [2.24, 2.45) is 0 Å². The van der Waals surface area contributed by atoms with Gasteiger partial charge < -0.3 is 10.4 Å². The van der Waals surface area contributed by atoms with E-state index in [9.17, 15) is 5.11 Å². The number of rotatable bonds is 7. The topological polar surface area (TPSA) is 32.3 Å². The Hall–Kier alpha value is -0.670. The van der Waals surface area contributed by atoms with E-state index in [4.69, 9.17) is 0 Å². The van der Waals surface area contributed by atoms with Crippen LogP contribution in [0, 0.1) is 0 Å². The second-order valence-electron chi connectivity index (χ2n) is 5.36. The smallest absolute Gasteiger partial charge is 0.115 e. The summed E-state index contributed by atoms with van der Waals surface area (Å²) in [5, 5.41) is 13.8. The fourth-order valence-corrected chi connectivity index (χ4v) is 4.11. The summed E-state index contributed by atoms with van der Waals surface area (Å²) < 4.78 is 0. The predicted molar refractivity (Wildman–Crippen MR) is 84.0 cm³/mol. The molecule has 1 aromatic rings. The maximum Gasteiger partial charge on any atom is 0.115 e. The van der Waals surface area contributed by atoms with Crippen LogP contribution in [0.15, 0.2) is 24.3 Å². The van der Waals surface area contributed by atoms with E-state index in [1.54, 1.807) is 12.1 Å². The van der Waals surface area contributed by atoms with Gasteiger partial charge in [0.15, 0.2) is 0 Å². The van der Waals surface area contributed by atoms with Crippen molar-refractivity contribution in [1.82, 2.24) is 5.32 Å². The molecule has 0 amide bonds. The van der Waals surface area contributed by atoms with Crippen LogP contribution in [0.2, 0.25) is 0 Å². The first-order chi connectivity index (χ1) is 9.28. The Morgan fingerprint density at radius 3 is 2.58 bits per heavy atom. The van der Waals surface area contributed by atoms with Crippen molar-refractivity contribution in [2.45, 2.75) is 50.3 Å². The van der Waals surface area contributed by atoms with Gasteiger partial charge in [0.25, 0.3) is 0 Å². The van der Waals surface area contributed by atoms with Crippen LogP contribution in [0.5, 0.6) is 5.75 Å². The van der Waals surface area contributed by atoms with Gasteiger partial charge in [0, 0.05) is 17.0 Å². The summed E-state index contributed by atoms with van der Waals surface area (Å²) in [7, 11) is 0. The first-order valence-electron chi connectivity index (χ1n) is 7.41. The molecule has 1 atom stereocenters. The van der Waals surface area contributed by atoms with Gasteiger partial charge in [-0.3, -0.25) is 0 Å². The van der Waals surface area contributed by atoms with Crippen molar-refractivity contribution in [1.29, 1.82) is 0 Å². The molecule has 1 unspecified atom stereocenters. The van der Waals surface area contributed by atoms with Crippen molar-refractivity contribution in [3.63, 3.8) is 0 Å². The average Bonchev–Trinajstić information content (AvgIpc) is 2.92. The Kier molecular flexibility index (Phi) is 6.05. The maximum atomic E-state index is 9.32. The molecule has 3 heteroatoms. The van der Waals surface area contributed by atoms with Crippen LogP contribution >= 0.6 is 11.8 Å². The first-order valence-corrected chi connectivity index (χ1v) is 8.45. The number of hydrogen-bond acceptors (Lipinski definition) is 3. The fourth-order valence-electron chi connectivity index (χ4n) is 2.70. The van der Waals surface area contributed by atoms with Crippen molar-refractivity contribution in [3.05, 3.63) is 29.8 Å². The highest BCUT2D eigenvalue weighted by Gasteiger charge is 2.17. The molecule has 1 aromatic carbocycles. The summed E-state index contributed by atoms with van der Waals surface area (Å²) in [6.45, 7) is 3.19. The number of phenolic OH excluding ortho intramolecular Hbond substituents is 1. The van der Waals surface area contributed by atoms with Crippen LogP contribution in [0.1, 0.15) is 38.2 Å². The molecule has 1 saturated carbocycles. The molecule has 1 aliphatic rings. The van der Waals surface area contributed by atoms with Gasteiger partial charge in [0.2, 0.25) is 0 Å². The second kappa shape index (κ2) is 7.81. The molecular weight excluding hydrogens is 254 g/mol. The van der Waals surface area contributed by atoms with Gasteiger partial charge in [0.05, 0.1) is 0 Å². The van der Waals surface area contributed by atoms with Gasteiger partial charge >= 0.3 is 0 Å². The highest BCUT2D eigenvalue weighted by molar-refractivity contribution is 7.99. The first kappa shape index (κ1) is 14.7. The lowest BCUT2D eigenvalue weighted by atomic mass is 10.1. The molecule has 0 aromatic heterocycles. The Bertz CT molecular complexity index is 360. The van der Waals surface area contributed by atoms with E-state index in [1.807, 2.05) is 12.1 Å². The molecule has 1 fully saturated rings. The highest BCUT2D eigenvalue weighted by atomic mass is 32.2. The Morgan fingerprint density at radius 1 is 1.26 bits per heavy atom. The monoisotopic (exact) mass is 279 g/mol. The summed E-state index contributed by atoms with van der Waals surface area (Å²) in [5.74, 6) is 1.54. The molecule has 106 valence electrons. The molecule has 0 spiro atoms. The standard InChI is InChI=1S/C16H25NOS/c1-2-17-14(12-19-16-5-3-4-6-16)11-13-7-9-15(18)10-8-13/h7-10,14,16-18H,2-6,11-12H2,1H3. The lowest BCUT2D eigenvalue weighted by Crippen LogP contribution is -2.33. The third-order valence-corrected chi connectivity index (χ3v) is 5.28. The summed E-state index contributed by atoms with van der Waals surface area (Å²) in [6, 6.07) is 8.16. The predicted octanol–water partition coefficient (Wildman–Crippen LogP) is 3.59. The average molecular weight is 279 g/mol. The Morgan fingerprint density at radius 2 is 1.95 bits per heavy atom. The van der Waals surface area contributed by atoms with E-state index < -0.39 is 0 Å². The van der Waals surface area contributed by atoms with E-state index in [-0.39, 0.29) is 0 Å². The number of aromatic hydroxyl groups is 1. The van der Waals surface area contributed by atoms with Crippen LogP contribution < -0.4 is 5.32 Å². The minimum atomic E-state index is 0.351. The third-order valence-electron chi connectivity index (χ3n) is 3.75. The number of nitrogens with one attached hydrogen (secondary N) is 1. The molecule has 0 heterocycles. The normalized spacial score (nSPS) is 17.7. The largest absolute Gasteiger partial charge is 0.508 e. The Balaban J connectivity index is 1.82. The molecule has 0 radical (unpaired) electrons.